The lowest BCUT2D eigenvalue weighted by atomic mass is 9.70. The van der Waals surface area contributed by atoms with E-state index in [1.807, 2.05) is 0 Å². The first-order valence-electron chi connectivity index (χ1n) is 6.10. The van der Waals surface area contributed by atoms with Gasteiger partial charge in [0.1, 0.15) is 12.7 Å². The molecule has 0 spiro atoms. The van der Waals surface area contributed by atoms with E-state index < -0.39 is 0 Å². The average Bonchev–Trinajstić information content (AvgIpc) is 2.51. The predicted octanol–water partition coefficient (Wildman–Crippen LogP) is 2.39. The highest BCUT2D eigenvalue weighted by Gasteiger charge is 2.62. The third kappa shape index (κ3) is 1.48. The summed E-state index contributed by atoms with van der Waals surface area (Å²) in [4.78, 5) is 11.5. The SMILES string of the molecule is COCC(=O)OC1CC2CCC1(C)C2(C)C. The fraction of sp³-hybridized carbons (Fsp3) is 0.923. The largest absolute Gasteiger partial charge is 0.460 e. The summed E-state index contributed by atoms with van der Waals surface area (Å²) in [7, 11) is 1.52. The lowest BCUT2D eigenvalue weighted by Gasteiger charge is -2.38. The topological polar surface area (TPSA) is 35.5 Å². The second-order valence-electron chi connectivity index (χ2n) is 6.02. The summed E-state index contributed by atoms with van der Waals surface area (Å²) in [5.41, 5.74) is 0.450. The average molecular weight is 226 g/mol. The molecule has 0 aromatic carbocycles. The number of hydrogen-bond donors (Lipinski definition) is 0. The second kappa shape index (κ2) is 3.73. The molecule has 92 valence electrons. The Hall–Kier alpha value is -0.570. The second-order valence-corrected chi connectivity index (χ2v) is 6.02. The van der Waals surface area contributed by atoms with Crippen molar-refractivity contribution >= 4 is 5.97 Å². The van der Waals surface area contributed by atoms with Gasteiger partial charge in [-0.1, -0.05) is 20.8 Å². The summed E-state index contributed by atoms with van der Waals surface area (Å²) in [5.74, 6) is 0.481. The van der Waals surface area contributed by atoms with Gasteiger partial charge in [0.05, 0.1) is 0 Å². The molecule has 0 heterocycles. The summed E-state index contributed by atoms with van der Waals surface area (Å²) in [6.07, 6.45) is 3.57. The number of fused-ring (bicyclic) bond motifs is 2. The van der Waals surface area contributed by atoms with E-state index in [1.54, 1.807) is 0 Å². The highest BCUT2D eigenvalue weighted by Crippen LogP contribution is 2.66. The molecule has 3 heteroatoms. The zero-order valence-electron chi connectivity index (χ0n) is 10.7. The number of methoxy groups -OCH3 is 1. The minimum atomic E-state index is -0.225. The van der Waals surface area contributed by atoms with Crippen LogP contribution in [0.1, 0.15) is 40.0 Å². The van der Waals surface area contributed by atoms with E-state index in [4.69, 9.17) is 9.47 Å². The van der Waals surface area contributed by atoms with Gasteiger partial charge in [-0.25, -0.2) is 4.79 Å². The van der Waals surface area contributed by atoms with Gasteiger partial charge in [-0.2, -0.15) is 0 Å². The van der Waals surface area contributed by atoms with E-state index in [-0.39, 0.29) is 24.1 Å². The molecule has 2 saturated carbocycles. The Morgan fingerprint density at radius 3 is 2.50 bits per heavy atom. The highest BCUT2D eigenvalue weighted by molar-refractivity contribution is 5.71. The van der Waals surface area contributed by atoms with E-state index in [1.165, 1.54) is 20.0 Å². The van der Waals surface area contributed by atoms with Crippen LogP contribution in [0.15, 0.2) is 0 Å². The van der Waals surface area contributed by atoms with Crippen LogP contribution in [0.4, 0.5) is 0 Å². The normalized spacial score (nSPS) is 40.0. The standard InChI is InChI=1S/C13H22O3/c1-12(2)9-5-6-13(12,3)10(7-9)16-11(14)8-15-4/h9-10H,5-8H2,1-4H3. The van der Waals surface area contributed by atoms with Crippen LogP contribution in [0.3, 0.4) is 0 Å². The van der Waals surface area contributed by atoms with Crippen molar-refractivity contribution in [1.29, 1.82) is 0 Å². The monoisotopic (exact) mass is 226 g/mol. The van der Waals surface area contributed by atoms with Crippen molar-refractivity contribution in [3.63, 3.8) is 0 Å². The molecule has 2 bridgehead atoms. The Morgan fingerprint density at radius 1 is 1.38 bits per heavy atom. The van der Waals surface area contributed by atoms with Gasteiger partial charge < -0.3 is 9.47 Å². The molecule has 0 aliphatic heterocycles. The number of rotatable bonds is 3. The van der Waals surface area contributed by atoms with E-state index in [0.29, 0.717) is 11.3 Å². The van der Waals surface area contributed by atoms with Crippen LogP contribution in [0, 0.1) is 16.7 Å². The van der Waals surface area contributed by atoms with Crippen molar-refractivity contribution in [2.24, 2.45) is 16.7 Å². The van der Waals surface area contributed by atoms with Gasteiger partial charge in [-0.15, -0.1) is 0 Å². The van der Waals surface area contributed by atoms with Crippen molar-refractivity contribution < 1.29 is 14.3 Å². The summed E-state index contributed by atoms with van der Waals surface area (Å²) < 4.78 is 10.4. The first-order chi connectivity index (χ1) is 7.41. The molecule has 0 radical (unpaired) electrons. The van der Waals surface area contributed by atoms with Gasteiger partial charge in [-0.3, -0.25) is 0 Å². The maximum atomic E-state index is 11.5. The Bertz CT molecular complexity index is 298. The first kappa shape index (κ1) is 11.9. The van der Waals surface area contributed by atoms with E-state index in [9.17, 15) is 4.79 Å². The molecule has 2 rings (SSSR count). The van der Waals surface area contributed by atoms with Gasteiger partial charge in [0.25, 0.3) is 0 Å². The van der Waals surface area contributed by atoms with Crippen LogP contribution in [0.5, 0.6) is 0 Å². The van der Waals surface area contributed by atoms with Crippen LogP contribution in [0.25, 0.3) is 0 Å². The van der Waals surface area contributed by atoms with Crippen molar-refractivity contribution in [2.75, 3.05) is 13.7 Å². The molecular formula is C13H22O3. The molecule has 0 N–H and O–H groups in total. The molecule has 3 nitrogen and oxygen atoms in total. The molecule has 2 aliphatic carbocycles. The third-order valence-corrected chi connectivity index (χ3v) is 5.25. The third-order valence-electron chi connectivity index (χ3n) is 5.25. The number of hydrogen-bond acceptors (Lipinski definition) is 3. The van der Waals surface area contributed by atoms with Crippen LogP contribution in [-0.2, 0) is 14.3 Å². The zero-order chi connectivity index (χ0) is 12.0. The fourth-order valence-electron chi connectivity index (χ4n) is 3.62. The number of ether oxygens (including phenoxy) is 2. The van der Waals surface area contributed by atoms with Gasteiger partial charge in [-0.05, 0) is 30.6 Å². The zero-order valence-corrected chi connectivity index (χ0v) is 10.7. The summed E-state index contributed by atoms with van der Waals surface area (Å²) in [5, 5.41) is 0. The van der Waals surface area contributed by atoms with Gasteiger partial charge in [0.2, 0.25) is 0 Å². The Balaban J connectivity index is 2.07. The lowest BCUT2D eigenvalue weighted by molar-refractivity contribution is -0.161. The van der Waals surface area contributed by atoms with Crippen LogP contribution >= 0.6 is 0 Å². The smallest absolute Gasteiger partial charge is 0.332 e. The van der Waals surface area contributed by atoms with Crippen LogP contribution < -0.4 is 0 Å². The van der Waals surface area contributed by atoms with Crippen molar-refractivity contribution in [1.82, 2.24) is 0 Å². The first-order valence-corrected chi connectivity index (χ1v) is 6.10. The maximum absolute atomic E-state index is 11.5. The Kier molecular flexibility index (Phi) is 2.77. The van der Waals surface area contributed by atoms with Crippen molar-refractivity contribution in [3.8, 4) is 0 Å². The van der Waals surface area contributed by atoms with Crippen molar-refractivity contribution in [2.45, 2.75) is 46.1 Å². The molecule has 16 heavy (non-hydrogen) atoms. The minimum Gasteiger partial charge on any atom is -0.460 e. The molecule has 3 unspecified atom stereocenters. The van der Waals surface area contributed by atoms with Crippen LogP contribution in [0.2, 0.25) is 0 Å². The Morgan fingerprint density at radius 2 is 2.06 bits per heavy atom. The number of esters is 1. The molecule has 0 amide bonds. The fourth-order valence-corrected chi connectivity index (χ4v) is 3.62. The quantitative estimate of drug-likeness (QED) is 0.693. The summed E-state index contributed by atoms with van der Waals surface area (Å²) in [6, 6.07) is 0. The molecule has 0 saturated heterocycles. The lowest BCUT2D eigenvalue weighted by Crippen LogP contribution is -2.38. The molecule has 2 fully saturated rings. The number of carbonyl (C=O) groups is 1. The number of carbonyl (C=O) groups excluding carboxylic acids is 1. The van der Waals surface area contributed by atoms with E-state index in [2.05, 4.69) is 20.8 Å². The molecule has 0 aromatic rings. The highest BCUT2D eigenvalue weighted by atomic mass is 16.6. The molecular weight excluding hydrogens is 204 g/mol. The van der Waals surface area contributed by atoms with Crippen molar-refractivity contribution in [3.05, 3.63) is 0 Å². The molecule has 3 atom stereocenters. The molecule has 2 aliphatic rings. The maximum Gasteiger partial charge on any atom is 0.332 e. The Labute approximate surface area is 97.5 Å². The summed E-state index contributed by atoms with van der Waals surface area (Å²) in [6.45, 7) is 6.96. The van der Waals surface area contributed by atoms with E-state index in [0.717, 1.165) is 6.42 Å². The van der Waals surface area contributed by atoms with Crippen LogP contribution in [-0.4, -0.2) is 25.8 Å². The van der Waals surface area contributed by atoms with Gasteiger partial charge >= 0.3 is 5.97 Å². The predicted molar refractivity (Wildman–Crippen MR) is 61.0 cm³/mol. The van der Waals surface area contributed by atoms with Gasteiger partial charge in [0, 0.05) is 12.5 Å². The minimum absolute atomic E-state index is 0.0671. The molecule has 0 aromatic heterocycles. The van der Waals surface area contributed by atoms with Gasteiger partial charge in [0.15, 0.2) is 0 Å². The summed E-state index contributed by atoms with van der Waals surface area (Å²) >= 11 is 0. The van der Waals surface area contributed by atoms with E-state index >= 15 is 0 Å².